The van der Waals surface area contributed by atoms with Crippen LogP contribution in [0.5, 0.6) is 0 Å². The van der Waals surface area contributed by atoms with Crippen molar-refractivity contribution in [1.82, 2.24) is 5.50 Å². The molecule has 1 aromatic rings. The lowest BCUT2D eigenvalue weighted by molar-refractivity contribution is 0.582. The highest BCUT2D eigenvalue weighted by Gasteiger charge is 2.15. The molecule has 1 rings (SSSR count). The molecule has 3 heteroatoms. The van der Waals surface area contributed by atoms with Crippen LogP contribution < -0.4 is 10.8 Å². The summed E-state index contributed by atoms with van der Waals surface area (Å²) < 4.78 is 11.5. The van der Waals surface area contributed by atoms with Crippen LogP contribution in [0.2, 0.25) is 0 Å². The molecule has 11 heavy (non-hydrogen) atoms. The predicted octanol–water partition coefficient (Wildman–Crippen LogP) is 1.89. The number of hydrogen-bond acceptors (Lipinski definition) is 1. The minimum absolute atomic E-state index is 0.414. The van der Waals surface area contributed by atoms with Gasteiger partial charge in [-0.15, -0.1) is 0 Å². The fourth-order valence-corrected chi connectivity index (χ4v) is 1.87. The van der Waals surface area contributed by atoms with Gasteiger partial charge < -0.3 is 4.57 Å². The number of hydrogen-bond donors (Lipinski definition) is 0. The lowest BCUT2D eigenvalue weighted by atomic mass is 10.4. The van der Waals surface area contributed by atoms with E-state index in [1.165, 1.54) is 0 Å². The number of rotatable bonds is 2. The summed E-state index contributed by atoms with van der Waals surface area (Å²) in [6.07, 6.45) is 0.414. The van der Waals surface area contributed by atoms with Crippen molar-refractivity contribution >= 4 is 12.6 Å². The van der Waals surface area contributed by atoms with Crippen molar-refractivity contribution in [2.45, 2.75) is 6.92 Å². The molecule has 0 fully saturated rings. The fraction of sp³-hybridized carbons (Fsp3) is 0.250. The molecule has 0 aromatic heterocycles. The van der Waals surface area contributed by atoms with E-state index in [1.54, 1.807) is 19.1 Å². The molecule has 0 aliphatic heterocycles. The first kappa shape index (κ1) is 8.51. The van der Waals surface area contributed by atoms with Gasteiger partial charge in [-0.1, -0.05) is 37.3 Å². The van der Waals surface area contributed by atoms with Crippen LogP contribution >= 0.6 is 7.29 Å². The van der Waals surface area contributed by atoms with Crippen molar-refractivity contribution in [3.8, 4) is 0 Å². The second-order valence-corrected chi connectivity index (χ2v) is 5.02. The van der Waals surface area contributed by atoms with E-state index in [0.717, 1.165) is 0 Å². The molecule has 59 valence electrons. The maximum Gasteiger partial charge on any atom is 0.188 e. The standard InChI is InChI=1S/C8H11NOP/c1-2-11(9,10)8-6-4-3-5-7-8/h3-7,9H,2H2,1H3/t11-/m1/s1. The monoisotopic (exact) mass is 168 g/mol. The summed E-state index contributed by atoms with van der Waals surface area (Å²) in [4.78, 5) is 0. The average Bonchev–Trinajstić information content (AvgIpc) is 2.06. The zero-order chi connectivity index (χ0) is 8.32. The molecule has 0 spiro atoms. The Morgan fingerprint density at radius 3 is 2.36 bits per heavy atom. The molecule has 0 heterocycles. The molecule has 1 aromatic carbocycles. The van der Waals surface area contributed by atoms with E-state index < -0.39 is 7.29 Å². The molecule has 1 atom stereocenters. The third-order valence-corrected chi connectivity index (χ3v) is 3.64. The van der Waals surface area contributed by atoms with Gasteiger partial charge in [-0.3, -0.25) is 0 Å². The zero-order valence-electron chi connectivity index (χ0n) is 6.45. The van der Waals surface area contributed by atoms with E-state index in [4.69, 9.17) is 5.50 Å². The van der Waals surface area contributed by atoms with Gasteiger partial charge in [0.2, 0.25) is 0 Å². The van der Waals surface area contributed by atoms with Gasteiger partial charge in [-0.25, -0.2) is 0 Å². The van der Waals surface area contributed by atoms with Crippen LogP contribution in [0.1, 0.15) is 6.92 Å². The Labute approximate surface area is 66.8 Å². The van der Waals surface area contributed by atoms with Crippen LogP contribution in [-0.2, 0) is 4.57 Å². The third kappa shape index (κ3) is 1.92. The highest BCUT2D eigenvalue weighted by atomic mass is 31.2. The first-order valence-electron chi connectivity index (χ1n) is 3.56. The van der Waals surface area contributed by atoms with E-state index in [9.17, 15) is 4.57 Å². The largest absolute Gasteiger partial charge is 0.300 e. The first-order chi connectivity index (χ1) is 5.17. The van der Waals surface area contributed by atoms with Crippen molar-refractivity contribution in [3.05, 3.63) is 30.3 Å². The van der Waals surface area contributed by atoms with Gasteiger partial charge >= 0.3 is 0 Å². The predicted molar refractivity (Wildman–Crippen MR) is 47.3 cm³/mol. The highest BCUT2D eigenvalue weighted by Crippen LogP contribution is 2.36. The molecule has 0 bridgehead atoms. The minimum Gasteiger partial charge on any atom is -0.300 e. The molecule has 0 saturated carbocycles. The Morgan fingerprint density at radius 2 is 1.91 bits per heavy atom. The summed E-state index contributed by atoms with van der Waals surface area (Å²) in [5.74, 6) is 0. The van der Waals surface area contributed by atoms with Crippen molar-refractivity contribution in [2.75, 3.05) is 6.16 Å². The van der Waals surface area contributed by atoms with Crippen molar-refractivity contribution in [2.24, 2.45) is 0 Å². The highest BCUT2D eigenvalue weighted by molar-refractivity contribution is 7.68. The Balaban J connectivity index is 3.03. The van der Waals surface area contributed by atoms with E-state index in [0.29, 0.717) is 11.5 Å². The Morgan fingerprint density at radius 1 is 1.36 bits per heavy atom. The van der Waals surface area contributed by atoms with Crippen LogP contribution in [-0.4, -0.2) is 6.16 Å². The molecule has 0 unspecified atom stereocenters. The Kier molecular flexibility index (Phi) is 2.48. The van der Waals surface area contributed by atoms with E-state index >= 15 is 0 Å². The molecule has 2 nitrogen and oxygen atoms in total. The lowest BCUT2D eigenvalue weighted by Gasteiger charge is -2.07. The Hall–Kier alpha value is -0.590. The second kappa shape index (κ2) is 3.21. The topological polar surface area (TPSA) is 40.9 Å². The molecule has 0 aliphatic rings. The lowest BCUT2D eigenvalue weighted by Crippen LogP contribution is -2.05. The van der Waals surface area contributed by atoms with Gasteiger partial charge in [-0.2, -0.15) is 5.50 Å². The van der Waals surface area contributed by atoms with Crippen LogP contribution in [0.15, 0.2) is 30.3 Å². The van der Waals surface area contributed by atoms with Crippen LogP contribution in [0.3, 0.4) is 0 Å². The fourth-order valence-electron chi connectivity index (χ4n) is 0.851. The van der Waals surface area contributed by atoms with Gasteiger partial charge in [0.15, 0.2) is 7.29 Å². The summed E-state index contributed by atoms with van der Waals surface area (Å²) >= 11 is 0. The van der Waals surface area contributed by atoms with Crippen molar-refractivity contribution in [1.29, 1.82) is 0 Å². The Bertz CT molecular complexity index is 271. The van der Waals surface area contributed by atoms with E-state index in [2.05, 4.69) is 0 Å². The van der Waals surface area contributed by atoms with Gasteiger partial charge in [0.25, 0.3) is 0 Å². The summed E-state index contributed by atoms with van der Waals surface area (Å²) in [5, 5.41) is 0.655. The molecule has 0 amide bonds. The molecule has 1 N–H and O–H groups in total. The SMILES string of the molecule is CC[P@@]([NH])(=O)c1ccccc1. The normalized spacial score (nSPS) is 15.8. The summed E-state index contributed by atoms with van der Waals surface area (Å²) in [5.41, 5.74) is 7.47. The number of benzene rings is 1. The van der Waals surface area contributed by atoms with E-state index in [1.807, 2.05) is 18.2 Å². The maximum absolute atomic E-state index is 11.5. The van der Waals surface area contributed by atoms with E-state index in [-0.39, 0.29) is 0 Å². The smallest absolute Gasteiger partial charge is 0.188 e. The van der Waals surface area contributed by atoms with Gasteiger partial charge in [0.1, 0.15) is 0 Å². The molecule has 1 radical (unpaired) electrons. The first-order valence-corrected chi connectivity index (χ1v) is 5.46. The minimum atomic E-state index is -2.78. The summed E-state index contributed by atoms with van der Waals surface area (Å²) in [6.45, 7) is 1.78. The quantitative estimate of drug-likeness (QED) is 0.621. The molecule has 0 aliphatic carbocycles. The molecular weight excluding hydrogens is 157 g/mol. The van der Waals surface area contributed by atoms with Crippen molar-refractivity contribution < 1.29 is 4.57 Å². The van der Waals surface area contributed by atoms with Gasteiger partial charge in [0, 0.05) is 11.5 Å². The average molecular weight is 168 g/mol. The van der Waals surface area contributed by atoms with Crippen molar-refractivity contribution in [3.63, 3.8) is 0 Å². The summed E-state index contributed by atoms with van der Waals surface area (Å²) in [6, 6.07) is 8.98. The third-order valence-electron chi connectivity index (χ3n) is 1.62. The van der Waals surface area contributed by atoms with Crippen LogP contribution in [0.4, 0.5) is 0 Å². The van der Waals surface area contributed by atoms with Crippen LogP contribution in [0.25, 0.3) is 0 Å². The second-order valence-electron chi connectivity index (χ2n) is 2.39. The molecule has 0 saturated heterocycles. The maximum atomic E-state index is 11.5. The zero-order valence-corrected chi connectivity index (χ0v) is 7.34. The molecular formula is C8H11NOP. The van der Waals surface area contributed by atoms with Gasteiger partial charge in [-0.05, 0) is 0 Å². The summed E-state index contributed by atoms with van der Waals surface area (Å²) in [7, 11) is -2.78. The van der Waals surface area contributed by atoms with Crippen LogP contribution in [0, 0.1) is 0 Å². The number of nitrogens with one attached hydrogen (secondary N) is 1. The van der Waals surface area contributed by atoms with Gasteiger partial charge in [0.05, 0.1) is 0 Å².